The van der Waals surface area contributed by atoms with Crippen LogP contribution in [-0.4, -0.2) is 43.4 Å². The largest absolute Gasteiger partial charge is 0.391 e. The Morgan fingerprint density at radius 2 is 2.19 bits per heavy atom. The third-order valence-corrected chi connectivity index (χ3v) is 2.22. The van der Waals surface area contributed by atoms with E-state index in [0.717, 1.165) is 12.8 Å². The van der Waals surface area contributed by atoms with Crippen LogP contribution >= 0.6 is 0 Å². The quantitative estimate of drug-likeness (QED) is 0.523. The van der Waals surface area contributed by atoms with Gasteiger partial charge in [-0.05, 0) is 26.2 Å². The van der Waals surface area contributed by atoms with Crippen LogP contribution in [0.15, 0.2) is 0 Å². The highest BCUT2D eigenvalue weighted by molar-refractivity contribution is 5.75. The molecule has 2 unspecified atom stereocenters. The second-order valence-electron chi connectivity index (χ2n) is 4.12. The van der Waals surface area contributed by atoms with Crippen LogP contribution in [0, 0.1) is 0 Å². The zero-order chi connectivity index (χ0) is 12.4. The number of hydrogen-bond donors (Lipinski definition) is 3. The molecule has 0 rings (SSSR count). The number of amides is 1. The minimum Gasteiger partial charge on any atom is -0.391 e. The van der Waals surface area contributed by atoms with Gasteiger partial charge in [-0.1, -0.05) is 0 Å². The van der Waals surface area contributed by atoms with E-state index < -0.39 is 6.10 Å². The molecule has 0 aliphatic heterocycles. The van der Waals surface area contributed by atoms with Gasteiger partial charge in [0, 0.05) is 26.1 Å². The third kappa shape index (κ3) is 9.89. The Labute approximate surface area is 97.3 Å². The number of carbonyl (C=O) groups excluding carboxylic acids is 1. The molecule has 0 bridgehead atoms. The van der Waals surface area contributed by atoms with Crippen LogP contribution in [0.4, 0.5) is 0 Å². The van der Waals surface area contributed by atoms with E-state index in [1.165, 1.54) is 7.11 Å². The fourth-order valence-corrected chi connectivity index (χ4v) is 1.33. The van der Waals surface area contributed by atoms with Crippen molar-refractivity contribution in [3.05, 3.63) is 0 Å². The average Bonchev–Trinajstić information content (AvgIpc) is 2.17. The molecular formula is C11H24N2O3. The van der Waals surface area contributed by atoms with E-state index >= 15 is 0 Å². The Hall–Kier alpha value is -0.650. The lowest BCUT2D eigenvalue weighted by Gasteiger charge is -2.10. The number of aliphatic hydroxyl groups is 1. The summed E-state index contributed by atoms with van der Waals surface area (Å²) >= 11 is 0. The van der Waals surface area contributed by atoms with Gasteiger partial charge < -0.3 is 20.9 Å². The van der Waals surface area contributed by atoms with Crippen molar-refractivity contribution < 1.29 is 14.6 Å². The Bertz CT molecular complexity index is 186. The van der Waals surface area contributed by atoms with Crippen molar-refractivity contribution in [3.63, 3.8) is 0 Å². The molecule has 1 amide bonds. The molecule has 0 aromatic carbocycles. The second kappa shape index (κ2) is 9.57. The first-order valence-corrected chi connectivity index (χ1v) is 5.75. The summed E-state index contributed by atoms with van der Waals surface area (Å²) in [7, 11) is 1.54. The van der Waals surface area contributed by atoms with E-state index in [2.05, 4.69) is 5.32 Å². The molecule has 0 aromatic heterocycles. The molecule has 0 radical (unpaired) electrons. The van der Waals surface area contributed by atoms with Crippen LogP contribution < -0.4 is 11.1 Å². The standard InChI is InChI=1S/C11H24N2O3/c1-9(12)4-3-5-11(15)13-7-6-10(14)8-16-2/h9-10,14H,3-8,12H2,1-2H3,(H,13,15). The van der Waals surface area contributed by atoms with Crippen LogP contribution in [0.25, 0.3) is 0 Å². The van der Waals surface area contributed by atoms with Gasteiger partial charge in [0.15, 0.2) is 0 Å². The maximum Gasteiger partial charge on any atom is 0.219 e. The first-order valence-electron chi connectivity index (χ1n) is 5.75. The smallest absolute Gasteiger partial charge is 0.219 e. The highest BCUT2D eigenvalue weighted by Crippen LogP contribution is 1.98. The predicted molar refractivity (Wildman–Crippen MR) is 63.0 cm³/mol. The van der Waals surface area contributed by atoms with E-state index in [1.54, 1.807) is 0 Å². The summed E-state index contributed by atoms with van der Waals surface area (Å²) in [6.45, 7) is 2.72. The molecule has 0 aliphatic rings. The molecule has 2 atom stereocenters. The van der Waals surface area contributed by atoms with Crippen LogP contribution in [0.3, 0.4) is 0 Å². The van der Waals surface area contributed by atoms with E-state index in [1.807, 2.05) is 6.92 Å². The Kier molecular flexibility index (Phi) is 9.18. The van der Waals surface area contributed by atoms with Crippen LogP contribution in [0.5, 0.6) is 0 Å². The number of nitrogens with two attached hydrogens (primary N) is 1. The van der Waals surface area contributed by atoms with Gasteiger partial charge in [0.1, 0.15) is 0 Å². The molecule has 5 nitrogen and oxygen atoms in total. The molecular weight excluding hydrogens is 208 g/mol. The summed E-state index contributed by atoms with van der Waals surface area (Å²) in [5.41, 5.74) is 5.57. The van der Waals surface area contributed by atoms with Gasteiger partial charge >= 0.3 is 0 Å². The molecule has 0 saturated heterocycles. The molecule has 0 aromatic rings. The molecule has 0 saturated carbocycles. The van der Waals surface area contributed by atoms with Gasteiger partial charge in [-0.25, -0.2) is 0 Å². The van der Waals surface area contributed by atoms with Gasteiger partial charge in [0.05, 0.1) is 12.7 Å². The summed E-state index contributed by atoms with van der Waals surface area (Å²) < 4.78 is 4.78. The first-order chi connectivity index (χ1) is 7.56. The van der Waals surface area contributed by atoms with Crippen LogP contribution in [0.1, 0.15) is 32.6 Å². The van der Waals surface area contributed by atoms with Crippen molar-refractivity contribution in [2.75, 3.05) is 20.3 Å². The summed E-state index contributed by atoms with van der Waals surface area (Å²) in [5, 5.41) is 12.1. The number of carbonyl (C=O) groups is 1. The average molecular weight is 232 g/mol. The van der Waals surface area contributed by atoms with E-state index in [9.17, 15) is 9.90 Å². The van der Waals surface area contributed by atoms with Crippen LogP contribution in [-0.2, 0) is 9.53 Å². The number of hydrogen-bond acceptors (Lipinski definition) is 4. The number of aliphatic hydroxyl groups excluding tert-OH is 1. The molecule has 0 spiro atoms. The molecule has 0 fully saturated rings. The molecule has 4 N–H and O–H groups in total. The number of rotatable bonds is 9. The maximum absolute atomic E-state index is 11.3. The fourth-order valence-electron chi connectivity index (χ4n) is 1.33. The highest BCUT2D eigenvalue weighted by Gasteiger charge is 2.05. The van der Waals surface area contributed by atoms with E-state index in [0.29, 0.717) is 26.0 Å². The number of ether oxygens (including phenoxy) is 1. The van der Waals surface area contributed by atoms with Crippen molar-refractivity contribution in [1.29, 1.82) is 0 Å². The van der Waals surface area contributed by atoms with Gasteiger partial charge in [0.25, 0.3) is 0 Å². The second-order valence-corrected chi connectivity index (χ2v) is 4.12. The van der Waals surface area contributed by atoms with Gasteiger partial charge in [0.2, 0.25) is 5.91 Å². The lowest BCUT2D eigenvalue weighted by atomic mass is 10.1. The van der Waals surface area contributed by atoms with Gasteiger partial charge in [-0.2, -0.15) is 0 Å². The Morgan fingerprint density at radius 3 is 2.75 bits per heavy atom. The topological polar surface area (TPSA) is 84.6 Å². The monoisotopic (exact) mass is 232 g/mol. The Balaban J connectivity index is 3.36. The Morgan fingerprint density at radius 1 is 1.50 bits per heavy atom. The minimum atomic E-state index is -0.505. The van der Waals surface area contributed by atoms with Crippen molar-refractivity contribution >= 4 is 5.91 Å². The zero-order valence-corrected chi connectivity index (χ0v) is 10.2. The fraction of sp³-hybridized carbons (Fsp3) is 0.909. The minimum absolute atomic E-state index is 0.0188. The maximum atomic E-state index is 11.3. The van der Waals surface area contributed by atoms with E-state index in [-0.39, 0.29) is 11.9 Å². The van der Waals surface area contributed by atoms with Crippen molar-refractivity contribution in [2.45, 2.75) is 44.8 Å². The van der Waals surface area contributed by atoms with E-state index in [4.69, 9.17) is 10.5 Å². The van der Waals surface area contributed by atoms with Crippen molar-refractivity contribution in [3.8, 4) is 0 Å². The molecule has 0 aliphatic carbocycles. The highest BCUT2D eigenvalue weighted by atomic mass is 16.5. The summed E-state index contributed by atoms with van der Waals surface area (Å²) in [6.07, 6.45) is 2.19. The summed E-state index contributed by atoms with van der Waals surface area (Å²) in [4.78, 5) is 11.3. The zero-order valence-electron chi connectivity index (χ0n) is 10.2. The van der Waals surface area contributed by atoms with Crippen molar-refractivity contribution in [2.24, 2.45) is 5.73 Å². The lowest BCUT2D eigenvalue weighted by molar-refractivity contribution is -0.121. The van der Waals surface area contributed by atoms with Crippen LogP contribution in [0.2, 0.25) is 0 Å². The first kappa shape index (κ1) is 15.3. The lowest BCUT2D eigenvalue weighted by Crippen LogP contribution is -2.28. The molecule has 16 heavy (non-hydrogen) atoms. The number of methoxy groups -OCH3 is 1. The number of nitrogens with one attached hydrogen (secondary N) is 1. The SMILES string of the molecule is COCC(O)CCNC(=O)CCCC(C)N. The molecule has 96 valence electrons. The normalized spacial score (nSPS) is 14.5. The summed E-state index contributed by atoms with van der Waals surface area (Å²) in [6, 6.07) is 0.149. The predicted octanol–water partition coefficient (Wildman–Crippen LogP) is 0.0175. The van der Waals surface area contributed by atoms with Gasteiger partial charge in [-0.3, -0.25) is 4.79 Å². The van der Waals surface area contributed by atoms with Crippen molar-refractivity contribution in [1.82, 2.24) is 5.32 Å². The summed E-state index contributed by atoms with van der Waals surface area (Å²) in [5.74, 6) is 0.0188. The third-order valence-electron chi connectivity index (χ3n) is 2.22. The van der Waals surface area contributed by atoms with Gasteiger partial charge in [-0.15, -0.1) is 0 Å². The molecule has 0 heterocycles. The molecule has 5 heteroatoms.